The van der Waals surface area contributed by atoms with E-state index in [0.717, 1.165) is 5.70 Å². The van der Waals surface area contributed by atoms with E-state index < -0.39 is 0 Å². The zero-order valence-corrected chi connectivity index (χ0v) is 8.54. The fraction of sp³-hybridized carbons (Fsp3) is 0.455. The fourth-order valence-corrected chi connectivity index (χ4v) is 1.04. The van der Waals surface area contributed by atoms with Crippen LogP contribution in [0.4, 0.5) is 0 Å². The van der Waals surface area contributed by atoms with E-state index in [9.17, 15) is 0 Å². The van der Waals surface area contributed by atoms with Crippen molar-refractivity contribution in [3.8, 4) is 0 Å². The molecule has 0 saturated heterocycles. The Morgan fingerprint density at radius 1 is 1.25 bits per heavy atom. The molecule has 0 fully saturated rings. The van der Waals surface area contributed by atoms with Gasteiger partial charge in [-0.15, -0.1) is 0 Å². The van der Waals surface area contributed by atoms with Crippen LogP contribution in [0.15, 0.2) is 36.7 Å². The van der Waals surface area contributed by atoms with Gasteiger partial charge in [-0.05, 0) is 33.8 Å². The largest absolute Gasteiger partial charge is 0.346 e. The van der Waals surface area contributed by atoms with Gasteiger partial charge in [-0.25, -0.2) is 0 Å². The highest BCUT2D eigenvalue weighted by Crippen LogP contribution is 2.09. The zero-order valence-electron chi connectivity index (χ0n) is 8.54. The molecule has 0 aliphatic rings. The van der Waals surface area contributed by atoms with Gasteiger partial charge in [0, 0.05) is 17.9 Å². The summed E-state index contributed by atoms with van der Waals surface area (Å²) in [5.41, 5.74) is 1.03. The van der Waals surface area contributed by atoms with Crippen LogP contribution < -0.4 is 0 Å². The SMILES string of the molecule is C=C(/C=C\C)N(/C=C\C)C(C)C. The summed E-state index contributed by atoms with van der Waals surface area (Å²) in [5, 5.41) is 0. The van der Waals surface area contributed by atoms with Crippen LogP contribution in [0.2, 0.25) is 0 Å². The predicted molar refractivity (Wildman–Crippen MR) is 55.7 cm³/mol. The Morgan fingerprint density at radius 2 is 1.83 bits per heavy atom. The Kier molecular flexibility index (Phi) is 5.18. The molecule has 0 aliphatic heterocycles. The van der Waals surface area contributed by atoms with Crippen LogP contribution in [0.3, 0.4) is 0 Å². The van der Waals surface area contributed by atoms with Gasteiger partial charge in [0.1, 0.15) is 0 Å². The number of allylic oxidation sites excluding steroid dienone is 3. The molecular formula is C11H19N. The normalized spacial score (nSPS) is 11.8. The quantitative estimate of drug-likeness (QED) is 0.578. The third kappa shape index (κ3) is 3.42. The molecule has 12 heavy (non-hydrogen) atoms. The summed E-state index contributed by atoms with van der Waals surface area (Å²) in [7, 11) is 0. The molecule has 0 saturated carbocycles. The Morgan fingerprint density at radius 3 is 2.17 bits per heavy atom. The summed E-state index contributed by atoms with van der Waals surface area (Å²) in [6, 6.07) is 0.463. The lowest BCUT2D eigenvalue weighted by atomic mass is 10.3. The molecule has 0 aromatic carbocycles. The van der Waals surface area contributed by atoms with E-state index in [1.807, 2.05) is 38.3 Å². The maximum Gasteiger partial charge on any atom is 0.0332 e. The molecule has 0 aromatic heterocycles. The van der Waals surface area contributed by atoms with Gasteiger partial charge in [-0.1, -0.05) is 18.7 Å². The summed E-state index contributed by atoms with van der Waals surface area (Å²) >= 11 is 0. The molecule has 68 valence electrons. The minimum absolute atomic E-state index is 0.463. The van der Waals surface area contributed by atoms with Gasteiger partial charge < -0.3 is 4.90 Å². The van der Waals surface area contributed by atoms with Gasteiger partial charge in [-0.2, -0.15) is 0 Å². The monoisotopic (exact) mass is 165 g/mol. The second-order valence-corrected chi connectivity index (χ2v) is 2.97. The van der Waals surface area contributed by atoms with Crippen LogP contribution in [0.5, 0.6) is 0 Å². The van der Waals surface area contributed by atoms with Crippen molar-refractivity contribution in [2.45, 2.75) is 33.7 Å². The molecule has 0 heterocycles. The van der Waals surface area contributed by atoms with E-state index in [1.165, 1.54) is 0 Å². The predicted octanol–water partition coefficient (Wildman–Crippen LogP) is 3.32. The van der Waals surface area contributed by atoms with Crippen molar-refractivity contribution in [1.82, 2.24) is 4.90 Å². The number of hydrogen-bond donors (Lipinski definition) is 0. The van der Waals surface area contributed by atoms with Crippen molar-refractivity contribution < 1.29 is 0 Å². The first kappa shape index (κ1) is 11.0. The Balaban J connectivity index is 4.40. The minimum atomic E-state index is 0.463. The van der Waals surface area contributed by atoms with E-state index in [2.05, 4.69) is 25.3 Å². The fourth-order valence-electron chi connectivity index (χ4n) is 1.04. The molecule has 0 spiro atoms. The van der Waals surface area contributed by atoms with Crippen molar-refractivity contribution in [2.24, 2.45) is 0 Å². The van der Waals surface area contributed by atoms with Crippen molar-refractivity contribution in [2.75, 3.05) is 0 Å². The minimum Gasteiger partial charge on any atom is -0.346 e. The average Bonchev–Trinajstić information content (AvgIpc) is 1.99. The summed E-state index contributed by atoms with van der Waals surface area (Å²) in [6.45, 7) is 12.3. The molecule has 0 radical (unpaired) electrons. The lowest BCUT2D eigenvalue weighted by molar-refractivity contribution is 0.396. The van der Waals surface area contributed by atoms with Crippen LogP contribution >= 0.6 is 0 Å². The lowest BCUT2D eigenvalue weighted by Crippen LogP contribution is -2.23. The number of rotatable bonds is 4. The summed E-state index contributed by atoms with van der Waals surface area (Å²) in [5.74, 6) is 0. The highest BCUT2D eigenvalue weighted by molar-refractivity contribution is 5.16. The Bertz CT molecular complexity index is 187. The molecule has 1 nitrogen and oxygen atoms in total. The first-order chi connectivity index (χ1) is 5.63. The van der Waals surface area contributed by atoms with Crippen molar-refractivity contribution in [3.63, 3.8) is 0 Å². The van der Waals surface area contributed by atoms with Gasteiger partial charge in [0.15, 0.2) is 0 Å². The zero-order chi connectivity index (χ0) is 9.56. The van der Waals surface area contributed by atoms with Gasteiger partial charge in [0.2, 0.25) is 0 Å². The average molecular weight is 165 g/mol. The maximum absolute atomic E-state index is 3.97. The molecule has 0 aliphatic carbocycles. The highest BCUT2D eigenvalue weighted by Gasteiger charge is 2.04. The van der Waals surface area contributed by atoms with Crippen LogP contribution in [0.25, 0.3) is 0 Å². The molecule has 1 heteroatoms. The molecule has 0 atom stereocenters. The second kappa shape index (κ2) is 5.64. The third-order valence-corrected chi connectivity index (χ3v) is 1.56. The number of hydrogen-bond acceptors (Lipinski definition) is 1. The van der Waals surface area contributed by atoms with Crippen LogP contribution in [0.1, 0.15) is 27.7 Å². The molecule has 0 amide bonds. The summed E-state index contributed by atoms with van der Waals surface area (Å²) in [6.07, 6.45) is 8.09. The van der Waals surface area contributed by atoms with E-state index in [1.54, 1.807) is 0 Å². The molecule has 0 rings (SSSR count). The van der Waals surface area contributed by atoms with Gasteiger partial charge in [0.05, 0.1) is 0 Å². The summed E-state index contributed by atoms with van der Waals surface area (Å²) in [4.78, 5) is 2.14. The topological polar surface area (TPSA) is 3.24 Å². The standard InChI is InChI=1S/C11H19N/c1-6-8-11(5)12(9-7-2)10(3)4/h6-10H,5H2,1-4H3/b8-6-,9-7-. The van der Waals surface area contributed by atoms with E-state index in [4.69, 9.17) is 0 Å². The smallest absolute Gasteiger partial charge is 0.0332 e. The highest BCUT2D eigenvalue weighted by atomic mass is 15.1. The van der Waals surface area contributed by atoms with Gasteiger partial charge in [0.25, 0.3) is 0 Å². The molecule has 0 bridgehead atoms. The van der Waals surface area contributed by atoms with Crippen molar-refractivity contribution in [1.29, 1.82) is 0 Å². The van der Waals surface area contributed by atoms with E-state index >= 15 is 0 Å². The van der Waals surface area contributed by atoms with Crippen LogP contribution in [-0.2, 0) is 0 Å². The second-order valence-electron chi connectivity index (χ2n) is 2.97. The molecule has 0 N–H and O–H groups in total. The van der Waals surface area contributed by atoms with E-state index in [-0.39, 0.29) is 0 Å². The van der Waals surface area contributed by atoms with Gasteiger partial charge in [-0.3, -0.25) is 0 Å². The first-order valence-electron chi connectivity index (χ1n) is 4.36. The van der Waals surface area contributed by atoms with Crippen LogP contribution in [0, 0.1) is 0 Å². The Labute approximate surface area is 76.1 Å². The van der Waals surface area contributed by atoms with Crippen molar-refractivity contribution >= 4 is 0 Å². The van der Waals surface area contributed by atoms with E-state index in [0.29, 0.717) is 6.04 Å². The summed E-state index contributed by atoms with van der Waals surface area (Å²) < 4.78 is 0. The molecular weight excluding hydrogens is 146 g/mol. The Hall–Kier alpha value is -0.980. The number of nitrogens with zero attached hydrogens (tertiary/aromatic N) is 1. The van der Waals surface area contributed by atoms with Crippen LogP contribution in [-0.4, -0.2) is 10.9 Å². The maximum atomic E-state index is 3.97. The molecule has 0 unspecified atom stereocenters. The first-order valence-corrected chi connectivity index (χ1v) is 4.36. The van der Waals surface area contributed by atoms with Crippen molar-refractivity contribution in [3.05, 3.63) is 36.7 Å². The molecule has 0 aromatic rings. The van der Waals surface area contributed by atoms with Gasteiger partial charge >= 0.3 is 0 Å². The third-order valence-electron chi connectivity index (χ3n) is 1.56. The lowest BCUT2D eigenvalue weighted by Gasteiger charge is -2.24.